The number of rotatable bonds is 3. The third kappa shape index (κ3) is 3.04. The molecule has 0 radical (unpaired) electrons. The molecule has 0 aromatic rings. The second-order valence-corrected chi connectivity index (χ2v) is 7.44. The average molecular weight is 265 g/mol. The molecule has 2 aliphatic carbocycles. The van der Waals surface area contributed by atoms with E-state index in [4.69, 9.17) is 0 Å². The van der Waals surface area contributed by atoms with Gasteiger partial charge >= 0.3 is 0 Å². The minimum absolute atomic E-state index is 0.145. The molecule has 0 saturated heterocycles. The number of Topliss-reactive ketones (excluding diaryl/α,β-unsaturated/α-hetero) is 1. The van der Waals surface area contributed by atoms with Crippen LogP contribution in [0.1, 0.15) is 65.2 Å². The Morgan fingerprint density at radius 3 is 2.16 bits per heavy atom. The average Bonchev–Trinajstić information content (AvgIpc) is 2.39. The highest BCUT2D eigenvalue weighted by Gasteiger charge is 2.45. The van der Waals surface area contributed by atoms with Crippen LogP contribution in [0.15, 0.2) is 0 Å². The number of likely N-dealkylation sites (N-methyl/N-ethyl adjacent to an activating group) is 1. The summed E-state index contributed by atoms with van der Waals surface area (Å²) in [5.74, 6) is 2.44. The fourth-order valence-corrected chi connectivity index (χ4v) is 4.21. The van der Waals surface area contributed by atoms with E-state index in [2.05, 4.69) is 32.8 Å². The highest BCUT2D eigenvalue weighted by molar-refractivity contribution is 5.90. The van der Waals surface area contributed by atoms with Crippen LogP contribution in [0.5, 0.6) is 0 Å². The Bertz CT molecular complexity index is 315. The quantitative estimate of drug-likeness (QED) is 0.771. The summed E-state index contributed by atoms with van der Waals surface area (Å²) in [4.78, 5) is 15.4. The maximum atomic E-state index is 13.1. The molecule has 0 amide bonds. The lowest BCUT2D eigenvalue weighted by atomic mass is 9.67. The lowest BCUT2D eigenvalue weighted by Gasteiger charge is -2.45. The highest BCUT2D eigenvalue weighted by atomic mass is 16.1. The summed E-state index contributed by atoms with van der Waals surface area (Å²) in [6.07, 6.45) is 9.40. The topological polar surface area (TPSA) is 20.3 Å². The van der Waals surface area contributed by atoms with E-state index in [1.165, 1.54) is 25.7 Å². The van der Waals surface area contributed by atoms with Crippen molar-refractivity contribution in [3.63, 3.8) is 0 Å². The van der Waals surface area contributed by atoms with Gasteiger partial charge in [0.05, 0.1) is 5.54 Å². The Labute approximate surface area is 118 Å². The molecule has 2 heteroatoms. The first-order valence-electron chi connectivity index (χ1n) is 8.17. The first-order valence-corrected chi connectivity index (χ1v) is 8.17. The Hall–Kier alpha value is -0.370. The first-order chi connectivity index (χ1) is 8.95. The molecule has 2 rings (SSSR count). The summed E-state index contributed by atoms with van der Waals surface area (Å²) in [6.45, 7) is 4.64. The summed E-state index contributed by atoms with van der Waals surface area (Å²) in [5.41, 5.74) is -0.145. The Balaban J connectivity index is 2.12. The Kier molecular flexibility index (Phi) is 4.70. The third-order valence-electron chi connectivity index (χ3n) is 5.72. The van der Waals surface area contributed by atoms with E-state index in [1.54, 1.807) is 0 Å². The smallest absolute Gasteiger partial charge is 0.156 e. The van der Waals surface area contributed by atoms with Crippen molar-refractivity contribution in [1.82, 2.24) is 4.90 Å². The van der Waals surface area contributed by atoms with Gasteiger partial charge in [0, 0.05) is 5.92 Å². The fourth-order valence-electron chi connectivity index (χ4n) is 4.21. The summed E-state index contributed by atoms with van der Waals surface area (Å²) in [7, 11) is 4.22. The van der Waals surface area contributed by atoms with Gasteiger partial charge in [-0.15, -0.1) is 0 Å². The first kappa shape index (κ1) is 15.0. The van der Waals surface area contributed by atoms with E-state index in [-0.39, 0.29) is 5.54 Å². The van der Waals surface area contributed by atoms with Gasteiger partial charge in [-0.3, -0.25) is 9.69 Å². The van der Waals surface area contributed by atoms with Crippen molar-refractivity contribution in [2.24, 2.45) is 17.8 Å². The molecule has 0 aromatic heterocycles. The van der Waals surface area contributed by atoms with E-state index in [0.717, 1.165) is 37.5 Å². The molecule has 0 aromatic carbocycles. The van der Waals surface area contributed by atoms with Gasteiger partial charge < -0.3 is 0 Å². The molecular formula is C17H31NO. The van der Waals surface area contributed by atoms with E-state index >= 15 is 0 Å². The van der Waals surface area contributed by atoms with Crippen molar-refractivity contribution in [1.29, 1.82) is 0 Å². The van der Waals surface area contributed by atoms with Gasteiger partial charge in [0.1, 0.15) is 0 Å². The maximum absolute atomic E-state index is 13.1. The zero-order valence-corrected chi connectivity index (χ0v) is 13.2. The molecule has 2 atom stereocenters. The van der Waals surface area contributed by atoms with Gasteiger partial charge in [-0.05, 0) is 64.5 Å². The van der Waals surface area contributed by atoms with Crippen molar-refractivity contribution >= 4 is 5.78 Å². The minimum atomic E-state index is -0.145. The molecule has 2 nitrogen and oxygen atoms in total. The van der Waals surface area contributed by atoms with Crippen LogP contribution in [-0.2, 0) is 4.79 Å². The number of carbonyl (C=O) groups is 1. The van der Waals surface area contributed by atoms with Gasteiger partial charge in [0.15, 0.2) is 5.78 Å². The van der Waals surface area contributed by atoms with Gasteiger partial charge in [0.2, 0.25) is 0 Å². The summed E-state index contributed by atoms with van der Waals surface area (Å²) in [6, 6.07) is 0. The largest absolute Gasteiger partial charge is 0.297 e. The molecular weight excluding hydrogens is 234 g/mol. The van der Waals surface area contributed by atoms with Gasteiger partial charge in [-0.1, -0.05) is 26.7 Å². The van der Waals surface area contributed by atoms with E-state index < -0.39 is 0 Å². The van der Waals surface area contributed by atoms with Crippen LogP contribution in [0.3, 0.4) is 0 Å². The fraction of sp³-hybridized carbons (Fsp3) is 0.941. The second-order valence-electron chi connectivity index (χ2n) is 7.44. The number of hydrogen-bond acceptors (Lipinski definition) is 2. The zero-order valence-electron chi connectivity index (χ0n) is 13.2. The molecule has 2 aliphatic rings. The molecule has 110 valence electrons. The molecule has 0 aliphatic heterocycles. The van der Waals surface area contributed by atoms with E-state index in [0.29, 0.717) is 11.7 Å². The van der Waals surface area contributed by atoms with Crippen molar-refractivity contribution in [2.75, 3.05) is 14.1 Å². The summed E-state index contributed by atoms with van der Waals surface area (Å²) < 4.78 is 0. The molecule has 0 N–H and O–H groups in total. The van der Waals surface area contributed by atoms with Crippen molar-refractivity contribution in [2.45, 2.75) is 70.8 Å². The monoisotopic (exact) mass is 265 g/mol. The van der Waals surface area contributed by atoms with Crippen LogP contribution in [0.2, 0.25) is 0 Å². The van der Waals surface area contributed by atoms with Gasteiger partial charge in [-0.2, -0.15) is 0 Å². The van der Waals surface area contributed by atoms with Gasteiger partial charge in [0.25, 0.3) is 0 Å². The lowest BCUT2D eigenvalue weighted by Crippen LogP contribution is -2.55. The van der Waals surface area contributed by atoms with Crippen LogP contribution in [0.4, 0.5) is 0 Å². The van der Waals surface area contributed by atoms with Crippen molar-refractivity contribution < 1.29 is 4.79 Å². The van der Waals surface area contributed by atoms with Crippen molar-refractivity contribution in [3.05, 3.63) is 0 Å². The molecule has 2 unspecified atom stereocenters. The standard InChI is InChI=1S/C17H31NO/c1-13-8-10-17(11-9-13,18(3)4)16(19)15-7-5-6-14(2)12-15/h13-15H,5-12H2,1-4H3. The molecule has 19 heavy (non-hydrogen) atoms. The van der Waals surface area contributed by atoms with Crippen LogP contribution < -0.4 is 0 Å². The van der Waals surface area contributed by atoms with Crippen LogP contribution >= 0.6 is 0 Å². The predicted molar refractivity (Wildman–Crippen MR) is 80.2 cm³/mol. The van der Waals surface area contributed by atoms with Gasteiger partial charge in [-0.25, -0.2) is 0 Å². The predicted octanol–water partition coefficient (Wildman–Crippen LogP) is 3.89. The Morgan fingerprint density at radius 2 is 1.63 bits per heavy atom. The molecule has 0 heterocycles. The van der Waals surface area contributed by atoms with Crippen LogP contribution in [0, 0.1) is 17.8 Å². The summed E-state index contributed by atoms with van der Waals surface area (Å²) in [5, 5.41) is 0. The number of ketones is 1. The van der Waals surface area contributed by atoms with E-state index in [9.17, 15) is 4.79 Å². The van der Waals surface area contributed by atoms with Crippen LogP contribution in [-0.4, -0.2) is 30.3 Å². The normalized spacial score (nSPS) is 40.4. The zero-order chi connectivity index (χ0) is 14.0. The molecule has 0 bridgehead atoms. The molecule has 0 spiro atoms. The molecule has 2 saturated carbocycles. The SMILES string of the molecule is CC1CCC(C(=O)C2CCCC(C)C2)(N(C)C)CC1. The lowest BCUT2D eigenvalue weighted by molar-refractivity contribution is -0.138. The van der Waals surface area contributed by atoms with Crippen molar-refractivity contribution in [3.8, 4) is 0 Å². The highest BCUT2D eigenvalue weighted by Crippen LogP contribution is 2.41. The third-order valence-corrected chi connectivity index (χ3v) is 5.72. The second kappa shape index (κ2) is 5.95. The Morgan fingerprint density at radius 1 is 1.00 bits per heavy atom. The van der Waals surface area contributed by atoms with Crippen LogP contribution in [0.25, 0.3) is 0 Å². The number of hydrogen-bond donors (Lipinski definition) is 0. The number of carbonyl (C=O) groups excluding carboxylic acids is 1. The summed E-state index contributed by atoms with van der Waals surface area (Å²) >= 11 is 0. The maximum Gasteiger partial charge on any atom is 0.156 e. The minimum Gasteiger partial charge on any atom is -0.297 e. The van der Waals surface area contributed by atoms with E-state index in [1.807, 2.05) is 0 Å². The number of nitrogens with zero attached hydrogens (tertiary/aromatic N) is 1. The molecule has 2 fully saturated rings.